The van der Waals surface area contributed by atoms with E-state index >= 15 is 0 Å². The van der Waals surface area contributed by atoms with Crippen molar-refractivity contribution in [2.45, 2.75) is 25.7 Å². The van der Waals surface area contributed by atoms with Gasteiger partial charge in [0.1, 0.15) is 11.6 Å². The highest BCUT2D eigenvalue weighted by Crippen LogP contribution is 2.36. The van der Waals surface area contributed by atoms with E-state index in [0.29, 0.717) is 30.7 Å². The molecule has 3 heterocycles. The van der Waals surface area contributed by atoms with Crippen LogP contribution in [0.5, 0.6) is 5.75 Å². The van der Waals surface area contributed by atoms with Crippen LogP contribution in [0.4, 0.5) is 23.2 Å². The maximum atomic E-state index is 13.9. The van der Waals surface area contributed by atoms with Gasteiger partial charge >= 0.3 is 6.36 Å². The molecule has 1 aliphatic rings. The first kappa shape index (κ1) is 19.0. The van der Waals surface area contributed by atoms with Gasteiger partial charge < -0.3 is 9.64 Å². The molecule has 1 atom stereocenters. The second-order valence-electron chi connectivity index (χ2n) is 6.48. The van der Waals surface area contributed by atoms with E-state index in [4.69, 9.17) is 0 Å². The van der Waals surface area contributed by atoms with E-state index in [1.165, 1.54) is 12.1 Å². The number of fused-ring (bicyclic) bond motifs is 1. The number of hydrogen-bond acceptors (Lipinski definition) is 6. The summed E-state index contributed by atoms with van der Waals surface area (Å²) in [6.45, 7) is 2.30. The highest BCUT2D eigenvalue weighted by atomic mass is 19.4. The van der Waals surface area contributed by atoms with Gasteiger partial charge in [-0.25, -0.2) is 24.3 Å². The van der Waals surface area contributed by atoms with Crippen LogP contribution < -0.4 is 9.64 Å². The molecular weight excluding hydrogens is 390 g/mol. The van der Waals surface area contributed by atoms with Gasteiger partial charge in [0.2, 0.25) is 0 Å². The van der Waals surface area contributed by atoms with Crippen LogP contribution in [-0.4, -0.2) is 32.8 Å². The lowest BCUT2D eigenvalue weighted by molar-refractivity contribution is -0.274. The summed E-state index contributed by atoms with van der Waals surface area (Å²) in [6.07, 6.45) is 0.459. The van der Waals surface area contributed by atoms with Gasteiger partial charge in [0.15, 0.2) is 11.6 Å². The number of rotatable bonds is 3. The molecule has 1 aliphatic heterocycles. The molecule has 10 heteroatoms. The summed E-state index contributed by atoms with van der Waals surface area (Å²) in [6, 6.07) is 4.47. The van der Waals surface area contributed by atoms with Crippen molar-refractivity contribution in [2.75, 3.05) is 11.4 Å². The number of anilines is 1. The lowest BCUT2D eigenvalue weighted by atomic mass is 9.98. The van der Waals surface area contributed by atoms with Crippen LogP contribution in [0.2, 0.25) is 0 Å². The van der Waals surface area contributed by atoms with E-state index in [9.17, 15) is 17.6 Å². The highest BCUT2D eigenvalue weighted by molar-refractivity contribution is 5.55. The van der Waals surface area contributed by atoms with Crippen molar-refractivity contribution in [2.24, 2.45) is 0 Å². The van der Waals surface area contributed by atoms with Crippen molar-refractivity contribution < 1.29 is 22.3 Å². The van der Waals surface area contributed by atoms with Crippen molar-refractivity contribution in [1.82, 2.24) is 19.9 Å². The summed E-state index contributed by atoms with van der Waals surface area (Å²) in [4.78, 5) is 18.9. The molecule has 4 rings (SSSR count). The minimum Gasteiger partial charge on any atom is -0.406 e. The van der Waals surface area contributed by atoms with E-state index in [1.807, 2.05) is 6.92 Å². The summed E-state index contributed by atoms with van der Waals surface area (Å²) in [7, 11) is 0. The molecule has 0 saturated heterocycles. The maximum absolute atomic E-state index is 13.9. The van der Waals surface area contributed by atoms with Gasteiger partial charge in [-0.15, -0.1) is 13.2 Å². The van der Waals surface area contributed by atoms with E-state index in [-0.39, 0.29) is 11.7 Å². The predicted octanol–water partition coefficient (Wildman–Crippen LogP) is 4.10. The second-order valence-corrected chi connectivity index (χ2v) is 6.48. The average molecular weight is 405 g/mol. The molecule has 1 unspecified atom stereocenters. The zero-order valence-electron chi connectivity index (χ0n) is 15.2. The molecule has 2 aromatic heterocycles. The Morgan fingerprint density at radius 3 is 2.55 bits per heavy atom. The van der Waals surface area contributed by atoms with Gasteiger partial charge in [0.25, 0.3) is 0 Å². The summed E-state index contributed by atoms with van der Waals surface area (Å²) in [5.41, 5.74) is 1.89. The largest absolute Gasteiger partial charge is 0.573 e. The minimum absolute atomic E-state index is 0.273. The number of nitrogens with zero attached hydrogens (tertiary/aromatic N) is 5. The monoisotopic (exact) mass is 405 g/mol. The summed E-state index contributed by atoms with van der Waals surface area (Å²) < 4.78 is 55.3. The van der Waals surface area contributed by atoms with Crippen LogP contribution in [0.1, 0.15) is 24.2 Å². The number of benzene rings is 1. The third-order valence-corrected chi connectivity index (χ3v) is 4.59. The number of alkyl halides is 3. The molecule has 3 aromatic rings. The van der Waals surface area contributed by atoms with E-state index < -0.39 is 17.9 Å². The Bertz CT molecular complexity index is 1030. The van der Waals surface area contributed by atoms with E-state index in [1.54, 1.807) is 29.6 Å². The fourth-order valence-corrected chi connectivity index (χ4v) is 3.34. The molecule has 1 aromatic carbocycles. The molecule has 0 N–H and O–H groups in total. The van der Waals surface area contributed by atoms with Crippen LogP contribution in [0, 0.1) is 5.82 Å². The smallest absolute Gasteiger partial charge is 0.406 e. The molecule has 0 fully saturated rings. The van der Waals surface area contributed by atoms with E-state index in [2.05, 4.69) is 24.7 Å². The molecular formula is C19H15F4N5O. The molecule has 0 aliphatic carbocycles. The molecule has 0 saturated carbocycles. The van der Waals surface area contributed by atoms with Crippen molar-refractivity contribution in [3.63, 3.8) is 0 Å². The predicted molar refractivity (Wildman–Crippen MR) is 95.6 cm³/mol. The van der Waals surface area contributed by atoms with Crippen LogP contribution >= 0.6 is 0 Å². The fraction of sp³-hybridized carbons (Fsp3) is 0.263. The molecule has 0 bridgehead atoms. The molecule has 29 heavy (non-hydrogen) atoms. The third kappa shape index (κ3) is 4.10. The van der Waals surface area contributed by atoms with Gasteiger partial charge in [0, 0.05) is 54.9 Å². The van der Waals surface area contributed by atoms with Crippen molar-refractivity contribution in [3.8, 4) is 17.4 Å². The summed E-state index contributed by atoms with van der Waals surface area (Å²) >= 11 is 0. The van der Waals surface area contributed by atoms with Gasteiger partial charge in [-0.2, -0.15) is 0 Å². The molecule has 150 valence electrons. The molecule has 0 spiro atoms. The van der Waals surface area contributed by atoms with Crippen molar-refractivity contribution in [3.05, 3.63) is 59.9 Å². The normalized spacial score (nSPS) is 16.4. The lowest BCUT2D eigenvalue weighted by Gasteiger charge is -2.36. The van der Waals surface area contributed by atoms with Crippen LogP contribution in [0.25, 0.3) is 11.6 Å². The van der Waals surface area contributed by atoms with Gasteiger partial charge in [-0.05, 0) is 19.1 Å². The number of hydrogen-bond donors (Lipinski definition) is 0. The second kappa shape index (κ2) is 7.26. The van der Waals surface area contributed by atoms with Crippen LogP contribution in [-0.2, 0) is 6.42 Å². The van der Waals surface area contributed by atoms with E-state index in [0.717, 1.165) is 11.3 Å². The SMILES string of the molecule is CC1c2cnc(-c3ncccn3)nc2CCN1c1cc(F)cc(OC(F)(F)F)c1. The van der Waals surface area contributed by atoms with Gasteiger partial charge in [-0.3, -0.25) is 0 Å². The van der Waals surface area contributed by atoms with Crippen molar-refractivity contribution in [1.29, 1.82) is 0 Å². The quantitative estimate of drug-likeness (QED) is 0.612. The topological polar surface area (TPSA) is 64.0 Å². The number of halogens is 4. The first-order valence-electron chi connectivity index (χ1n) is 8.76. The Morgan fingerprint density at radius 1 is 1.07 bits per heavy atom. The van der Waals surface area contributed by atoms with Gasteiger partial charge in [0.05, 0.1) is 11.7 Å². The number of aromatic nitrogens is 4. The molecule has 0 radical (unpaired) electrons. The Balaban J connectivity index is 1.63. The summed E-state index contributed by atoms with van der Waals surface area (Å²) in [5.74, 6) is -0.605. The van der Waals surface area contributed by atoms with Crippen molar-refractivity contribution >= 4 is 5.69 Å². The standard InChI is InChI=1S/C19H15F4N5O/c1-11-15-10-26-18(17-24-4-2-5-25-17)27-16(15)3-6-28(11)13-7-12(20)8-14(9-13)29-19(21,22)23/h2,4-5,7-11H,3,6H2,1H3. The third-order valence-electron chi connectivity index (χ3n) is 4.59. The Kier molecular flexibility index (Phi) is 4.77. The fourth-order valence-electron chi connectivity index (χ4n) is 3.34. The van der Waals surface area contributed by atoms with Gasteiger partial charge in [-0.1, -0.05) is 0 Å². The lowest BCUT2D eigenvalue weighted by Crippen LogP contribution is -2.35. The Morgan fingerprint density at radius 2 is 1.83 bits per heavy atom. The average Bonchev–Trinajstić information content (AvgIpc) is 2.67. The maximum Gasteiger partial charge on any atom is 0.573 e. The first-order valence-corrected chi connectivity index (χ1v) is 8.76. The minimum atomic E-state index is -4.89. The first-order chi connectivity index (χ1) is 13.8. The molecule has 6 nitrogen and oxygen atoms in total. The zero-order valence-corrected chi connectivity index (χ0v) is 15.2. The Hall–Kier alpha value is -3.30. The van der Waals surface area contributed by atoms with Crippen LogP contribution in [0.3, 0.4) is 0 Å². The van der Waals surface area contributed by atoms with Crippen LogP contribution in [0.15, 0.2) is 42.9 Å². The Labute approximate surface area is 163 Å². The summed E-state index contributed by atoms with van der Waals surface area (Å²) in [5, 5.41) is 0. The zero-order chi connectivity index (χ0) is 20.6. The number of ether oxygens (including phenoxy) is 1. The molecule has 0 amide bonds. The highest BCUT2D eigenvalue weighted by Gasteiger charge is 2.32.